The van der Waals surface area contributed by atoms with Crippen LogP contribution in [0.2, 0.25) is 0 Å². The number of hydrogen-bond donors (Lipinski definition) is 0. The first kappa shape index (κ1) is 17.0. The zero-order valence-corrected chi connectivity index (χ0v) is 14.8. The summed E-state index contributed by atoms with van der Waals surface area (Å²) in [7, 11) is 0. The summed E-state index contributed by atoms with van der Waals surface area (Å²) in [6.45, 7) is 6.51. The largest absolute Gasteiger partial charge is 0.360 e. The van der Waals surface area contributed by atoms with Gasteiger partial charge in [0.05, 0.1) is 0 Å². The van der Waals surface area contributed by atoms with Crippen LogP contribution in [-0.2, 0) is 0 Å². The van der Waals surface area contributed by atoms with Gasteiger partial charge in [-0.1, -0.05) is 54.5 Å². The third-order valence-corrected chi connectivity index (χ3v) is 4.13. The molecule has 0 fully saturated rings. The summed E-state index contributed by atoms with van der Waals surface area (Å²) < 4.78 is 5.36. The van der Waals surface area contributed by atoms with Crippen LogP contribution in [0.15, 0.2) is 59.1 Å². The Labute approximate surface area is 148 Å². The Bertz CT molecular complexity index is 869. The lowest BCUT2D eigenvalue weighted by Gasteiger charge is -2.22. The Morgan fingerprint density at radius 1 is 1.08 bits per heavy atom. The van der Waals surface area contributed by atoms with E-state index in [4.69, 9.17) is 4.52 Å². The number of rotatable bonds is 5. The van der Waals surface area contributed by atoms with E-state index in [2.05, 4.69) is 12.1 Å². The second-order valence-corrected chi connectivity index (χ2v) is 6.12. The molecule has 3 aromatic rings. The van der Waals surface area contributed by atoms with Crippen LogP contribution < -0.4 is 4.90 Å². The van der Waals surface area contributed by atoms with E-state index < -0.39 is 0 Å². The summed E-state index contributed by atoms with van der Waals surface area (Å²) in [4.78, 5) is 15.2. The topological polar surface area (TPSA) is 46.3 Å². The highest BCUT2D eigenvalue weighted by Gasteiger charge is 2.26. The van der Waals surface area contributed by atoms with Crippen molar-refractivity contribution in [2.75, 3.05) is 11.4 Å². The molecule has 0 aliphatic heterocycles. The van der Waals surface area contributed by atoms with Gasteiger partial charge in [-0.25, -0.2) is 0 Å². The van der Waals surface area contributed by atoms with Gasteiger partial charge in [0.1, 0.15) is 17.0 Å². The molecule has 0 aliphatic carbocycles. The molecule has 2 aromatic carbocycles. The second-order valence-electron chi connectivity index (χ2n) is 6.12. The number of benzene rings is 2. The fourth-order valence-corrected chi connectivity index (χ4v) is 2.92. The van der Waals surface area contributed by atoms with E-state index in [0.717, 1.165) is 23.2 Å². The third-order valence-electron chi connectivity index (χ3n) is 4.13. The second kappa shape index (κ2) is 7.34. The minimum absolute atomic E-state index is 0.0787. The molecule has 25 heavy (non-hydrogen) atoms. The van der Waals surface area contributed by atoms with Crippen LogP contribution in [0.25, 0.3) is 11.3 Å². The van der Waals surface area contributed by atoms with E-state index in [9.17, 15) is 4.79 Å². The Balaban J connectivity index is 2.05. The zero-order valence-electron chi connectivity index (χ0n) is 14.8. The van der Waals surface area contributed by atoms with Crippen molar-refractivity contribution in [3.63, 3.8) is 0 Å². The molecular weight excluding hydrogens is 312 g/mol. The van der Waals surface area contributed by atoms with Crippen LogP contribution >= 0.6 is 0 Å². The minimum Gasteiger partial charge on any atom is -0.360 e. The van der Waals surface area contributed by atoms with Crippen molar-refractivity contribution >= 4 is 11.6 Å². The van der Waals surface area contributed by atoms with Gasteiger partial charge in [0, 0.05) is 17.8 Å². The highest BCUT2D eigenvalue weighted by molar-refractivity contribution is 6.10. The fourth-order valence-electron chi connectivity index (χ4n) is 2.92. The number of aryl methyl sites for hydroxylation is 2. The minimum atomic E-state index is -0.0787. The van der Waals surface area contributed by atoms with Gasteiger partial charge in [-0.05, 0) is 38.0 Å². The van der Waals surface area contributed by atoms with Crippen LogP contribution in [0, 0.1) is 13.8 Å². The quantitative estimate of drug-likeness (QED) is 0.658. The summed E-state index contributed by atoms with van der Waals surface area (Å²) in [5, 5.41) is 4.14. The van der Waals surface area contributed by atoms with Gasteiger partial charge < -0.3 is 9.42 Å². The molecule has 1 amide bonds. The fraction of sp³-hybridized carbons (Fsp3) is 0.238. The number of carbonyl (C=O) groups excluding carboxylic acids is 1. The van der Waals surface area contributed by atoms with Crippen LogP contribution in [0.5, 0.6) is 0 Å². The lowest BCUT2D eigenvalue weighted by atomic mass is 10.0. The molecule has 4 heteroatoms. The molecule has 0 unspecified atom stereocenters. The van der Waals surface area contributed by atoms with Crippen molar-refractivity contribution in [2.45, 2.75) is 27.2 Å². The molecule has 1 heterocycles. The van der Waals surface area contributed by atoms with Gasteiger partial charge in [0.15, 0.2) is 0 Å². The average Bonchev–Trinajstić information content (AvgIpc) is 3.01. The van der Waals surface area contributed by atoms with Gasteiger partial charge in [-0.2, -0.15) is 0 Å². The summed E-state index contributed by atoms with van der Waals surface area (Å²) >= 11 is 0. The SMILES string of the molecule is CCCN(C(=O)c1c(-c2ccccc2)noc1C)c1cccc(C)c1. The Kier molecular flexibility index (Phi) is 4.98. The predicted molar refractivity (Wildman–Crippen MR) is 99.8 cm³/mol. The van der Waals surface area contributed by atoms with Gasteiger partial charge in [0.25, 0.3) is 5.91 Å². The van der Waals surface area contributed by atoms with Crippen molar-refractivity contribution in [3.8, 4) is 11.3 Å². The molecule has 0 saturated heterocycles. The summed E-state index contributed by atoms with van der Waals surface area (Å²) in [6.07, 6.45) is 0.866. The lowest BCUT2D eigenvalue weighted by Crippen LogP contribution is -2.32. The molecule has 0 saturated carbocycles. The maximum atomic E-state index is 13.3. The lowest BCUT2D eigenvalue weighted by molar-refractivity contribution is 0.0986. The van der Waals surface area contributed by atoms with Crippen molar-refractivity contribution < 1.29 is 9.32 Å². The first-order valence-electron chi connectivity index (χ1n) is 8.52. The van der Waals surface area contributed by atoms with Gasteiger partial charge in [0.2, 0.25) is 0 Å². The maximum absolute atomic E-state index is 13.3. The Morgan fingerprint density at radius 2 is 1.84 bits per heavy atom. The zero-order chi connectivity index (χ0) is 17.8. The van der Waals surface area contributed by atoms with Crippen molar-refractivity contribution in [1.82, 2.24) is 5.16 Å². The van der Waals surface area contributed by atoms with Crippen molar-refractivity contribution in [3.05, 3.63) is 71.5 Å². The smallest absolute Gasteiger partial charge is 0.264 e. The van der Waals surface area contributed by atoms with E-state index in [1.807, 2.05) is 61.5 Å². The highest BCUT2D eigenvalue weighted by atomic mass is 16.5. The normalized spacial score (nSPS) is 10.7. The molecular formula is C21H22N2O2. The van der Waals surface area contributed by atoms with Crippen molar-refractivity contribution in [2.24, 2.45) is 0 Å². The van der Waals surface area contributed by atoms with Crippen LogP contribution in [-0.4, -0.2) is 17.6 Å². The van der Waals surface area contributed by atoms with E-state index >= 15 is 0 Å². The molecule has 0 N–H and O–H groups in total. The van der Waals surface area contributed by atoms with Crippen LogP contribution in [0.4, 0.5) is 5.69 Å². The van der Waals surface area contributed by atoms with E-state index in [1.54, 1.807) is 11.8 Å². The summed E-state index contributed by atoms with van der Waals surface area (Å²) in [6, 6.07) is 17.7. The molecule has 3 rings (SSSR count). The van der Waals surface area contributed by atoms with E-state index in [-0.39, 0.29) is 5.91 Å². The van der Waals surface area contributed by atoms with E-state index in [1.165, 1.54) is 0 Å². The first-order valence-corrected chi connectivity index (χ1v) is 8.52. The van der Waals surface area contributed by atoms with Gasteiger partial charge in [-0.15, -0.1) is 0 Å². The molecule has 4 nitrogen and oxygen atoms in total. The molecule has 0 aliphatic rings. The van der Waals surface area contributed by atoms with Crippen LogP contribution in [0.3, 0.4) is 0 Å². The predicted octanol–water partition coefficient (Wildman–Crippen LogP) is 5.02. The number of nitrogens with zero attached hydrogens (tertiary/aromatic N) is 2. The summed E-state index contributed by atoms with van der Waals surface area (Å²) in [5.41, 5.74) is 4.02. The molecule has 0 radical (unpaired) electrons. The first-order chi connectivity index (χ1) is 12.1. The maximum Gasteiger partial charge on any atom is 0.264 e. The molecule has 0 bridgehead atoms. The number of anilines is 1. The number of carbonyl (C=O) groups is 1. The number of amides is 1. The van der Waals surface area contributed by atoms with Gasteiger partial charge in [-0.3, -0.25) is 4.79 Å². The molecule has 0 atom stereocenters. The Hall–Kier alpha value is -2.88. The van der Waals surface area contributed by atoms with Crippen molar-refractivity contribution in [1.29, 1.82) is 0 Å². The molecule has 0 spiro atoms. The monoisotopic (exact) mass is 334 g/mol. The van der Waals surface area contributed by atoms with Gasteiger partial charge >= 0.3 is 0 Å². The molecule has 128 valence electrons. The third kappa shape index (κ3) is 3.48. The summed E-state index contributed by atoms with van der Waals surface area (Å²) in [5.74, 6) is 0.461. The van der Waals surface area contributed by atoms with Crippen LogP contribution in [0.1, 0.15) is 35.0 Å². The Morgan fingerprint density at radius 3 is 2.52 bits per heavy atom. The highest BCUT2D eigenvalue weighted by Crippen LogP contribution is 2.28. The number of aromatic nitrogens is 1. The number of hydrogen-bond acceptors (Lipinski definition) is 3. The van der Waals surface area contributed by atoms with E-state index in [0.29, 0.717) is 23.6 Å². The molecule has 1 aromatic heterocycles. The average molecular weight is 334 g/mol. The standard InChI is InChI=1S/C21H22N2O2/c1-4-13-23(18-12-8-9-15(2)14-18)21(24)19-16(3)25-22-20(19)17-10-6-5-7-11-17/h5-12,14H,4,13H2,1-3H3.